The van der Waals surface area contributed by atoms with Crippen molar-refractivity contribution in [1.82, 2.24) is 10.1 Å². The maximum absolute atomic E-state index is 13.2. The lowest BCUT2D eigenvalue weighted by Crippen LogP contribution is -2.32. The van der Waals surface area contributed by atoms with Crippen LogP contribution < -0.4 is 9.47 Å². The van der Waals surface area contributed by atoms with Crippen molar-refractivity contribution in [2.24, 2.45) is 0 Å². The molecule has 1 atom stereocenters. The van der Waals surface area contributed by atoms with Crippen molar-refractivity contribution in [1.29, 1.82) is 0 Å². The molecule has 0 aliphatic carbocycles. The molecule has 0 radical (unpaired) electrons. The highest BCUT2D eigenvalue weighted by molar-refractivity contribution is 6.30. The number of aliphatic carboxylic acids is 1. The van der Waals surface area contributed by atoms with Gasteiger partial charge in [0, 0.05) is 24.1 Å². The number of ether oxygens (including phenoxy) is 2. The normalized spacial score (nSPS) is 15.3. The summed E-state index contributed by atoms with van der Waals surface area (Å²) in [5, 5.41) is 13.6. The molecule has 184 valence electrons. The fourth-order valence-electron chi connectivity index (χ4n) is 4.21. The summed E-state index contributed by atoms with van der Waals surface area (Å²) >= 11 is 6.04. The van der Waals surface area contributed by atoms with E-state index in [1.807, 2.05) is 41.3 Å². The summed E-state index contributed by atoms with van der Waals surface area (Å²) in [6, 6.07) is 14.5. The highest BCUT2D eigenvalue weighted by Crippen LogP contribution is 2.33. The Morgan fingerprint density at radius 2 is 2.03 bits per heavy atom. The van der Waals surface area contributed by atoms with Crippen molar-refractivity contribution in [3.05, 3.63) is 76.1 Å². The first-order valence-corrected chi connectivity index (χ1v) is 11.8. The van der Waals surface area contributed by atoms with Crippen molar-refractivity contribution in [3.8, 4) is 11.5 Å². The Morgan fingerprint density at radius 3 is 2.80 bits per heavy atom. The van der Waals surface area contributed by atoms with Crippen molar-refractivity contribution in [2.75, 3.05) is 13.7 Å². The van der Waals surface area contributed by atoms with Gasteiger partial charge >= 0.3 is 5.97 Å². The van der Waals surface area contributed by atoms with Gasteiger partial charge < -0.3 is 24.0 Å². The lowest BCUT2D eigenvalue weighted by molar-refractivity contribution is -0.137. The Labute approximate surface area is 208 Å². The molecule has 1 amide bonds. The number of hydrogen-bond acceptors (Lipinski definition) is 6. The van der Waals surface area contributed by atoms with Crippen LogP contribution in [0.5, 0.6) is 11.5 Å². The quantitative estimate of drug-likeness (QED) is 0.426. The molecule has 1 aliphatic heterocycles. The van der Waals surface area contributed by atoms with Crippen LogP contribution in [0.4, 0.5) is 0 Å². The first kappa shape index (κ1) is 24.6. The van der Waals surface area contributed by atoms with E-state index < -0.39 is 5.97 Å². The molecule has 1 fully saturated rings. The molecule has 2 aromatic carbocycles. The molecule has 3 aromatic rings. The zero-order chi connectivity index (χ0) is 24.8. The SMILES string of the molecule is COc1cc(CC(=O)N2CCCC2c2cc(CCC(=O)O)on2)ccc1OCc1cccc(Cl)c1. The van der Waals surface area contributed by atoms with Gasteiger partial charge in [-0.1, -0.05) is 35.0 Å². The number of carbonyl (C=O) groups is 2. The molecule has 2 heterocycles. The van der Waals surface area contributed by atoms with E-state index in [2.05, 4.69) is 5.16 Å². The van der Waals surface area contributed by atoms with Gasteiger partial charge in [-0.3, -0.25) is 9.59 Å². The third kappa shape index (κ3) is 6.33. The van der Waals surface area contributed by atoms with E-state index in [0.717, 1.165) is 24.0 Å². The van der Waals surface area contributed by atoms with Crippen LogP contribution in [-0.4, -0.2) is 40.7 Å². The number of carbonyl (C=O) groups excluding carboxylic acids is 1. The fourth-order valence-corrected chi connectivity index (χ4v) is 4.42. The zero-order valence-corrected chi connectivity index (χ0v) is 20.2. The second kappa shape index (κ2) is 11.3. The number of amides is 1. The predicted octanol–water partition coefficient (Wildman–Crippen LogP) is 4.84. The number of aromatic nitrogens is 1. The topological polar surface area (TPSA) is 102 Å². The number of likely N-dealkylation sites (tertiary alicyclic amines) is 1. The van der Waals surface area contributed by atoms with Crippen LogP contribution in [0.25, 0.3) is 0 Å². The van der Waals surface area contributed by atoms with E-state index in [0.29, 0.717) is 41.1 Å². The van der Waals surface area contributed by atoms with E-state index in [9.17, 15) is 9.59 Å². The largest absolute Gasteiger partial charge is 0.493 e. The van der Waals surface area contributed by atoms with E-state index >= 15 is 0 Å². The van der Waals surface area contributed by atoms with Gasteiger partial charge in [0.25, 0.3) is 0 Å². The summed E-state index contributed by atoms with van der Waals surface area (Å²) in [6.45, 7) is 0.982. The van der Waals surface area contributed by atoms with Crippen molar-refractivity contribution >= 4 is 23.5 Å². The van der Waals surface area contributed by atoms with Gasteiger partial charge in [0.2, 0.25) is 5.91 Å². The average Bonchev–Trinajstić information content (AvgIpc) is 3.51. The van der Waals surface area contributed by atoms with Crippen LogP contribution >= 0.6 is 11.6 Å². The Bertz CT molecular complexity index is 1190. The Balaban J connectivity index is 1.40. The highest BCUT2D eigenvalue weighted by atomic mass is 35.5. The molecule has 1 saturated heterocycles. The van der Waals surface area contributed by atoms with Gasteiger partial charge in [0.15, 0.2) is 11.5 Å². The van der Waals surface area contributed by atoms with Gasteiger partial charge in [-0.05, 0) is 48.2 Å². The third-order valence-corrected chi connectivity index (χ3v) is 6.18. The molecular formula is C26H27ClN2O6. The summed E-state index contributed by atoms with van der Waals surface area (Å²) in [5.41, 5.74) is 2.42. The molecule has 0 spiro atoms. The lowest BCUT2D eigenvalue weighted by Gasteiger charge is -2.23. The number of aryl methyl sites for hydroxylation is 1. The maximum Gasteiger partial charge on any atom is 0.303 e. The summed E-state index contributed by atoms with van der Waals surface area (Å²) < 4.78 is 16.7. The highest BCUT2D eigenvalue weighted by Gasteiger charge is 2.32. The molecule has 1 N–H and O–H groups in total. The molecule has 0 saturated carbocycles. The summed E-state index contributed by atoms with van der Waals surface area (Å²) in [7, 11) is 1.57. The fraction of sp³-hybridized carbons (Fsp3) is 0.346. The number of carboxylic acids is 1. The molecule has 4 rings (SSSR count). The number of methoxy groups -OCH3 is 1. The molecular weight excluding hydrogens is 472 g/mol. The van der Waals surface area contributed by atoms with Gasteiger partial charge in [0.05, 0.1) is 26.0 Å². The lowest BCUT2D eigenvalue weighted by atomic mass is 10.1. The Kier molecular flexibility index (Phi) is 7.92. The molecule has 9 heteroatoms. The van der Waals surface area contributed by atoms with Crippen LogP contribution in [0.3, 0.4) is 0 Å². The Hall–Kier alpha value is -3.52. The standard InChI is InChI=1S/C26H27ClN2O6/c1-33-24-13-17(7-9-23(24)34-16-18-4-2-5-19(27)12-18)14-25(30)29-11-3-6-22(29)21-15-20(35-28-21)8-10-26(31)32/h2,4-5,7,9,12-13,15,22H,3,6,8,10-11,14,16H2,1H3,(H,31,32). The van der Waals surface area contributed by atoms with E-state index in [-0.39, 0.29) is 31.2 Å². The number of hydrogen-bond donors (Lipinski definition) is 1. The summed E-state index contributed by atoms with van der Waals surface area (Å²) in [4.78, 5) is 25.8. The number of rotatable bonds is 10. The first-order valence-electron chi connectivity index (χ1n) is 11.4. The smallest absolute Gasteiger partial charge is 0.303 e. The maximum atomic E-state index is 13.2. The molecule has 0 bridgehead atoms. The van der Waals surface area contributed by atoms with Crippen LogP contribution in [0.2, 0.25) is 5.02 Å². The minimum absolute atomic E-state index is 0.0164. The van der Waals surface area contributed by atoms with Gasteiger partial charge in [-0.2, -0.15) is 0 Å². The first-order chi connectivity index (χ1) is 16.9. The van der Waals surface area contributed by atoms with E-state index in [1.54, 1.807) is 19.2 Å². The van der Waals surface area contributed by atoms with Crippen molar-refractivity contribution < 1.29 is 28.7 Å². The zero-order valence-electron chi connectivity index (χ0n) is 19.4. The van der Waals surface area contributed by atoms with Crippen LogP contribution in [-0.2, 0) is 29.0 Å². The van der Waals surface area contributed by atoms with Crippen molar-refractivity contribution in [3.63, 3.8) is 0 Å². The number of benzene rings is 2. The van der Waals surface area contributed by atoms with Crippen LogP contribution in [0.1, 0.15) is 47.9 Å². The monoisotopic (exact) mass is 498 g/mol. The molecule has 8 nitrogen and oxygen atoms in total. The van der Waals surface area contributed by atoms with Gasteiger partial charge in [-0.15, -0.1) is 0 Å². The molecule has 1 aliphatic rings. The second-order valence-corrected chi connectivity index (χ2v) is 8.87. The molecule has 1 aromatic heterocycles. The van der Waals surface area contributed by atoms with Crippen molar-refractivity contribution in [2.45, 2.75) is 44.8 Å². The summed E-state index contributed by atoms with van der Waals surface area (Å²) in [5.74, 6) is 0.739. The van der Waals surface area contributed by atoms with Gasteiger partial charge in [0.1, 0.15) is 18.1 Å². The Morgan fingerprint density at radius 1 is 1.17 bits per heavy atom. The number of nitrogens with zero attached hydrogens (tertiary/aromatic N) is 2. The minimum atomic E-state index is -0.892. The molecule has 35 heavy (non-hydrogen) atoms. The number of carboxylic acid groups (broad SMARTS) is 1. The van der Waals surface area contributed by atoms with Crippen LogP contribution in [0.15, 0.2) is 53.1 Å². The minimum Gasteiger partial charge on any atom is -0.493 e. The van der Waals surface area contributed by atoms with Crippen LogP contribution in [0, 0.1) is 0 Å². The second-order valence-electron chi connectivity index (χ2n) is 8.44. The van der Waals surface area contributed by atoms with E-state index in [4.69, 9.17) is 30.7 Å². The predicted molar refractivity (Wildman–Crippen MR) is 129 cm³/mol. The number of halogens is 1. The van der Waals surface area contributed by atoms with Gasteiger partial charge in [-0.25, -0.2) is 0 Å². The third-order valence-electron chi connectivity index (χ3n) is 5.94. The molecule has 1 unspecified atom stereocenters. The van der Waals surface area contributed by atoms with E-state index in [1.165, 1.54) is 0 Å². The average molecular weight is 499 g/mol. The summed E-state index contributed by atoms with van der Waals surface area (Å²) in [6.07, 6.45) is 2.12.